The first kappa shape index (κ1) is 38.7. The molecular formula is C44H53NO4S2. The Morgan fingerprint density at radius 2 is 1.39 bits per heavy atom. The molecule has 4 atom stereocenters. The highest BCUT2D eigenvalue weighted by atomic mass is 32.2. The molecular weight excluding hydrogens is 671 g/mol. The van der Waals surface area contributed by atoms with Gasteiger partial charge in [-0.2, -0.15) is 11.8 Å². The highest BCUT2D eigenvalue weighted by molar-refractivity contribution is 7.99. The summed E-state index contributed by atoms with van der Waals surface area (Å²) in [5, 5.41) is 9.67. The lowest BCUT2D eigenvalue weighted by Gasteiger charge is -2.36. The van der Waals surface area contributed by atoms with Gasteiger partial charge in [-0.1, -0.05) is 126 Å². The van der Waals surface area contributed by atoms with E-state index in [4.69, 9.17) is 4.74 Å². The number of Topliss-reactive ketones (excluding diaryl/α,β-unsaturated/α-hetero) is 1. The Bertz CT molecular complexity index is 1700. The number of aromatic hydroxyl groups is 1. The fourth-order valence-electron chi connectivity index (χ4n) is 6.50. The van der Waals surface area contributed by atoms with Crippen molar-refractivity contribution >= 4 is 35.2 Å². The summed E-state index contributed by atoms with van der Waals surface area (Å²) in [6, 6.07) is 34.5. The average Bonchev–Trinajstić information content (AvgIpc) is 3.45. The second-order valence-electron chi connectivity index (χ2n) is 15.2. The number of benzene rings is 4. The van der Waals surface area contributed by atoms with Gasteiger partial charge in [0.05, 0.1) is 11.4 Å². The number of carbonyl (C=O) groups excluding carboxylic acids is 2. The SMILES string of the molecule is CC(C)CC(SCc1ccc(-c2ccccc2)cc1)C(=O)N(CC(Cc1ccc(O)cc1)SCc1ccc(C(C)(C)C)cc1)C1C(=O)COC1C. The summed E-state index contributed by atoms with van der Waals surface area (Å²) in [6.07, 6.45) is 1.04. The van der Waals surface area contributed by atoms with Crippen molar-refractivity contribution in [1.82, 2.24) is 4.90 Å². The zero-order valence-electron chi connectivity index (χ0n) is 30.9. The molecule has 1 fully saturated rings. The molecule has 1 saturated heterocycles. The van der Waals surface area contributed by atoms with E-state index in [2.05, 4.69) is 95.3 Å². The van der Waals surface area contributed by atoms with E-state index in [0.717, 1.165) is 11.3 Å². The van der Waals surface area contributed by atoms with Crippen LogP contribution in [0, 0.1) is 5.92 Å². The van der Waals surface area contributed by atoms with Gasteiger partial charge in [0.2, 0.25) is 5.91 Å². The molecule has 7 heteroatoms. The first-order chi connectivity index (χ1) is 24.4. The van der Waals surface area contributed by atoms with E-state index in [9.17, 15) is 14.7 Å². The van der Waals surface area contributed by atoms with E-state index in [1.165, 1.54) is 27.8 Å². The van der Waals surface area contributed by atoms with E-state index < -0.39 is 6.04 Å². The zero-order chi connectivity index (χ0) is 36.5. The fourth-order valence-corrected chi connectivity index (χ4v) is 9.08. The Kier molecular flexibility index (Phi) is 13.5. The zero-order valence-corrected chi connectivity index (χ0v) is 32.5. The van der Waals surface area contributed by atoms with Crippen LogP contribution < -0.4 is 0 Å². The molecule has 1 N–H and O–H groups in total. The van der Waals surface area contributed by atoms with E-state index in [-0.39, 0.29) is 46.1 Å². The van der Waals surface area contributed by atoms with Crippen LogP contribution in [0.1, 0.15) is 70.2 Å². The molecule has 0 bridgehead atoms. The molecule has 0 aromatic heterocycles. The second kappa shape index (κ2) is 17.8. The number of amides is 1. The van der Waals surface area contributed by atoms with Gasteiger partial charge in [0.15, 0.2) is 5.78 Å². The van der Waals surface area contributed by atoms with Crippen molar-refractivity contribution in [3.63, 3.8) is 0 Å². The summed E-state index contributed by atoms with van der Waals surface area (Å²) in [5.74, 6) is 1.99. The number of carbonyl (C=O) groups is 2. The Balaban J connectivity index is 1.38. The molecule has 1 amide bonds. The largest absolute Gasteiger partial charge is 0.508 e. The maximum Gasteiger partial charge on any atom is 0.236 e. The lowest BCUT2D eigenvalue weighted by molar-refractivity contribution is -0.138. The van der Waals surface area contributed by atoms with E-state index in [0.29, 0.717) is 31.1 Å². The van der Waals surface area contributed by atoms with Gasteiger partial charge in [0, 0.05) is 23.3 Å². The van der Waals surface area contributed by atoms with Gasteiger partial charge in [-0.3, -0.25) is 9.59 Å². The first-order valence-corrected chi connectivity index (χ1v) is 20.2. The van der Waals surface area contributed by atoms with Gasteiger partial charge in [-0.05, 0) is 76.6 Å². The van der Waals surface area contributed by atoms with E-state index in [1.54, 1.807) is 23.9 Å². The Hall–Kier alpha value is -3.52. The number of nitrogens with zero attached hydrogens (tertiary/aromatic N) is 1. The summed E-state index contributed by atoms with van der Waals surface area (Å²) in [6.45, 7) is 13.3. The number of phenolic OH excluding ortho intramolecular Hbond substituents is 1. The molecule has 0 aliphatic carbocycles. The quantitative estimate of drug-likeness (QED) is 0.132. The van der Waals surface area contributed by atoms with Crippen LogP contribution in [0.5, 0.6) is 5.75 Å². The molecule has 0 spiro atoms. The average molecular weight is 724 g/mol. The molecule has 5 nitrogen and oxygen atoms in total. The lowest BCUT2D eigenvalue weighted by Crippen LogP contribution is -2.53. The Morgan fingerprint density at radius 1 is 0.824 bits per heavy atom. The van der Waals surface area contributed by atoms with E-state index in [1.807, 2.05) is 53.9 Å². The third kappa shape index (κ3) is 11.0. The van der Waals surface area contributed by atoms with Gasteiger partial charge >= 0.3 is 0 Å². The molecule has 0 radical (unpaired) electrons. The summed E-state index contributed by atoms with van der Waals surface area (Å²) in [7, 11) is 0. The summed E-state index contributed by atoms with van der Waals surface area (Å²) >= 11 is 3.48. The molecule has 1 heterocycles. The van der Waals surface area contributed by atoms with Crippen molar-refractivity contribution in [2.24, 2.45) is 5.92 Å². The predicted octanol–water partition coefficient (Wildman–Crippen LogP) is 9.73. The van der Waals surface area contributed by atoms with Crippen molar-refractivity contribution in [1.29, 1.82) is 0 Å². The van der Waals surface area contributed by atoms with Crippen molar-refractivity contribution in [3.8, 4) is 16.9 Å². The van der Waals surface area contributed by atoms with Crippen LogP contribution in [-0.2, 0) is 37.7 Å². The molecule has 1 aliphatic rings. The second-order valence-corrected chi connectivity index (χ2v) is 17.6. The van der Waals surface area contributed by atoms with E-state index >= 15 is 0 Å². The van der Waals surface area contributed by atoms with Crippen LogP contribution in [-0.4, -0.2) is 57.5 Å². The van der Waals surface area contributed by atoms with Crippen molar-refractivity contribution in [2.45, 2.75) is 94.0 Å². The summed E-state index contributed by atoms with van der Waals surface area (Å²) in [4.78, 5) is 30.1. The maximum absolute atomic E-state index is 14.8. The first-order valence-electron chi connectivity index (χ1n) is 18.1. The molecule has 270 valence electrons. The van der Waals surface area contributed by atoms with Crippen LogP contribution in [0.25, 0.3) is 11.1 Å². The topological polar surface area (TPSA) is 66.8 Å². The monoisotopic (exact) mass is 723 g/mol. The molecule has 51 heavy (non-hydrogen) atoms. The maximum atomic E-state index is 14.8. The number of phenols is 1. The standard InChI is InChI=1S/C44H53NO4S2/c1-30(2)24-41(51-29-33-12-18-36(19-13-33)35-10-8-7-9-11-35)43(48)45(42-31(3)49-27-40(42)47)26-39(25-32-16-22-38(46)23-17-32)50-28-34-14-20-37(21-15-34)44(4,5)6/h7-23,30-31,39,41-42,46H,24-29H2,1-6H3. The highest BCUT2D eigenvalue weighted by Crippen LogP contribution is 2.32. The third-order valence-electron chi connectivity index (χ3n) is 9.46. The molecule has 4 unspecified atom stereocenters. The van der Waals surface area contributed by atoms with Gasteiger partial charge in [-0.15, -0.1) is 11.8 Å². The molecule has 4 aromatic carbocycles. The molecule has 5 rings (SSSR count). The van der Waals surface area contributed by atoms with Crippen molar-refractivity contribution in [3.05, 3.63) is 125 Å². The van der Waals surface area contributed by atoms with Crippen LogP contribution in [0.4, 0.5) is 0 Å². The number of hydrogen-bond acceptors (Lipinski definition) is 6. The van der Waals surface area contributed by atoms with Gasteiger partial charge in [-0.25, -0.2) is 0 Å². The minimum Gasteiger partial charge on any atom is -0.508 e. The normalized spacial score (nSPS) is 17.4. The van der Waals surface area contributed by atoms with Crippen LogP contribution in [0.3, 0.4) is 0 Å². The molecule has 0 saturated carbocycles. The number of ether oxygens (including phenoxy) is 1. The third-order valence-corrected chi connectivity index (χ3v) is 12.0. The number of rotatable bonds is 15. The lowest BCUT2D eigenvalue weighted by atomic mass is 9.87. The number of hydrogen-bond donors (Lipinski definition) is 1. The number of thioether (sulfide) groups is 2. The van der Waals surface area contributed by atoms with Gasteiger partial charge in [0.1, 0.15) is 18.4 Å². The highest BCUT2D eigenvalue weighted by Gasteiger charge is 2.42. The van der Waals surface area contributed by atoms with Crippen molar-refractivity contribution < 1.29 is 19.4 Å². The van der Waals surface area contributed by atoms with Gasteiger partial charge in [0.25, 0.3) is 0 Å². The fraction of sp³-hybridized carbons (Fsp3) is 0.409. The summed E-state index contributed by atoms with van der Waals surface area (Å²) < 4.78 is 5.84. The summed E-state index contributed by atoms with van der Waals surface area (Å²) in [5.41, 5.74) is 7.19. The minimum absolute atomic E-state index is 0.0103. The predicted molar refractivity (Wildman–Crippen MR) is 214 cm³/mol. The van der Waals surface area contributed by atoms with Crippen LogP contribution in [0.2, 0.25) is 0 Å². The number of ketones is 1. The minimum atomic E-state index is -0.619. The Labute approximate surface area is 313 Å². The van der Waals surface area contributed by atoms with Crippen LogP contribution in [0.15, 0.2) is 103 Å². The van der Waals surface area contributed by atoms with Crippen LogP contribution >= 0.6 is 23.5 Å². The molecule has 4 aromatic rings. The Morgan fingerprint density at radius 3 is 1.96 bits per heavy atom. The van der Waals surface area contributed by atoms with Crippen molar-refractivity contribution in [2.75, 3.05) is 13.2 Å². The van der Waals surface area contributed by atoms with Gasteiger partial charge < -0.3 is 14.7 Å². The smallest absolute Gasteiger partial charge is 0.236 e. The molecule has 1 aliphatic heterocycles.